The molecule has 1 aromatic carbocycles. The number of nitrogens with zero attached hydrogens (tertiary/aromatic N) is 3. The van der Waals surface area contributed by atoms with Crippen LogP contribution in [0, 0.1) is 13.8 Å². The zero-order valence-corrected chi connectivity index (χ0v) is 19.5. The summed E-state index contributed by atoms with van der Waals surface area (Å²) in [5.41, 5.74) is 0.750. The Hall–Kier alpha value is -1.90. The zero-order chi connectivity index (χ0) is 22.2. The quantitative estimate of drug-likeness (QED) is 0.687. The summed E-state index contributed by atoms with van der Waals surface area (Å²) >= 11 is 6.25. The van der Waals surface area contributed by atoms with Gasteiger partial charge in [-0.2, -0.15) is 4.31 Å². The molecule has 2 heterocycles. The van der Waals surface area contributed by atoms with Crippen molar-refractivity contribution in [2.45, 2.75) is 56.3 Å². The SMILES string of the molecule is Cc1noc(C)c1S(=O)(=O)N1CCN(C(=O)C2(c3cccc(Cl)c3)CCCCC2)CC1. The van der Waals surface area contributed by atoms with Crippen LogP contribution in [0.3, 0.4) is 0 Å². The van der Waals surface area contributed by atoms with Crippen molar-refractivity contribution < 1.29 is 17.7 Å². The van der Waals surface area contributed by atoms with Crippen LogP contribution in [0.1, 0.15) is 49.1 Å². The molecule has 0 N–H and O–H groups in total. The van der Waals surface area contributed by atoms with Crippen molar-refractivity contribution in [1.29, 1.82) is 0 Å². The molecule has 0 bridgehead atoms. The van der Waals surface area contributed by atoms with Crippen molar-refractivity contribution in [3.63, 3.8) is 0 Å². The Bertz CT molecular complexity index is 1050. The van der Waals surface area contributed by atoms with Crippen LogP contribution < -0.4 is 0 Å². The number of halogens is 1. The Balaban J connectivity index is 1.54. The molecule has 1 aromatic heterocycles. The Labute approximate surface area is 188 Å². The molecular formula is C22H28ClN3O4S. The standard InChI is InChI=1S/C22H28ClN3O4S/c1-16-20(17(2)30-24-16)31(28,29)26-13-11-25(12-14-26)21(27)22(9-4-3-5-10-22)18-7-6-8-19(23)15-18/h6-8,15H,3-5,9-14H2,1-2H3. The van der Waals surface area contributed by atoms with Crippen LogP contribution >= 0.6 is 11.6 Å². The van der Waals surface area contributed by atoms with Gasteiger partial charge in [-0.25, -0.2) is 8.42 Å². The minimum Gasteiger partial charge on any atom is -0.360 e. The monoisotopic (exact) mass is 465 g/mol. The molecule has 2 fully saturated rings. The number of rotatable bonds is 4. The number of hydrogen-bond acceptors (Lipinski definition) is 5. The van der Waals surface area contributed by atoms with E-state index in [1.807, 2.05) is 29.2 Å². The van der Waals surface area contributed by atoms with Crippen molar-refractivity contribution in [2.24, 2.45) is 0 Å². The number of sulfonamides is 1. The first-order valence-electron chi connectivity index (χ1n) is 10.7. The number of hydrogen-bond donors (Lipinski definition) is 0. The molecular weight excluding hydrogens is 438 g/mol. The topological polar surface area (TPSA) is 83.7 Å². The van der Waals surface area contributed by atoms with Crippen LogP contribution in [0.4, 0.5) is 0 Å². The molecule has 4 rings (SSSR count). The first-order valence-corrected chi connectivity index (χ1v) is 12.6. The maximum Gasteiger partial charge on any atom is 0.248 e. The largest absolute Gasteiger partial charge is 0.360 e. The second kappa shape index (κ2) is 8.56. The lowest BCUT2D eigenvalue weighted by Crippen LogP contribution is -2.56. The highest BCUT2D eigenvalue weighted by atomic mass is 35.5. The van der Waals surface area contributed by atoms with E-state index in [0.29, 0.717) is 23.8 Å². The number of benzene rings is 1. The minimum absolute atomic E-state index is 0.0869. The fourth-order valence-corrected chi connectivity index (χ4v) is 6.88. The van der Waals surface area contributed by atoms with Crippen LogP contribution in [-0.4, -0.2) is 54.9 Å². The van der Waals surface area contributed by atoms with Gasteiger partial charge in [0, 0.05) is 31.2 Å². The Kier molecular flexibility index (Phi) is 6.16. The van der Waals surface area contributed by atoms with Crippen molar-refractivity contribution >= 4 is 27.5 Å². The van der Waals surface area contributed by atoms with Gasteiger partial charge in [-0.3, -0.25) is 4.79 Å². The predicted octanol–water partition coefficient (Wildman–Crippen LogP) is 3.68. The molecule has 0 unspecified atom stereocenters. The summed E-state index contributed by atoms with van der Waals surface area (Å²) < 4.78 is 32.7. The maximum atomic E-state index is 13.8. The van der Waals surface area contributed by atoms with Gasteiger partial charge in [-0.15, -0.1) is 0 Å². The Morgan fingerprint density at radius 3 is 2.35 bits per heavy atom. The molecule has 0 radical (unpaired) electrons. The molecule has 7 nitrogen and oxygen atoms in total. The van der Waals surface area contributed by atoms with Gasteiger partial charge in [0.2, 0.25) is 15.9 Å². The summed E-state index contributed by atoms with van der Waals surface area (Å²) in [7, 11) is -3.71. The highest BCUT2D eigenvalue weighted by Crippen LogP contribution is 2.42. The molecule has 1 aliphatic heterocycles. The van der Waals surface area contributed by atoms with E-state index in [-0.39, 0.29) is 29.7 Å². The maximum absolute atomic E-state index is 13.8. The molecule has 1 aliphatic carbocycles. The molecule has 9 heteroatoms. The normalized spacial score (nSPS) is 20.0. The molecule has 1 amide bonds. The van der Waals surface area contributed by atoms with Gasteiger partial charge in [-0.05, 0) is 44.4 Å². The van der Waals surface area contributed by atoms with Crippen LogP contribution in [0.15, 0.2) is 33.7 Å². The molecule has 1 saturated heterocycles. The minimum atomic E-state index is -3.71. The van der Waals surface area contributed by atoms with E-state index in [1.165, 1.54) is 4.31 Å². The third-order valence-corrected chi connectivity index (χ3v) is 8.96. The molecule has 0 atom stereocenters. The number of amides is 1. The third kappa shape index (κ3) is 4.01. The zero-order valence-electron chi connectivity index (χ0n) is 17.9. The lowest BCUT2D eigenvalue weighted by Gasteiger charge is -2.43. The average molecular weight is 466 g/mol. The molecule has 31 heavy (non-hydrogen) atoms. The Morgan fingerprint density at radius 2 is 1.77 bits per heavy atom. The van der Waals surface area contributed by atoms with Gasteiger partial charge in [-0.1, -0.05) is 48.2 Å². The summed E-state index contributed by atoms with van der Waals surface area (Å²) in [5, 5.41) is 4.41. The molecule has 0 spiro atoms. The lowest BCUT2D eigenvalue weighted by atomic mass is 9.68. The highest BCUT2D eigenvalue weighted by Gasteiger charge is 2.45. The van der Waals surface area contributed by atoms with Crippen LogP contribution in [0.2, 0.25) is 5.02 Å². The van der Waals surface area contributed by atoms with Gasteiger partial charge in [0.1, 0.15) is 10.6 Å². The summed E-state index contributed by atoms with van der Waals surface area (Å²) in [6, 6.07) is 7.62. The fraction of sp³-hybridized carbons (Fsp3) is 0.545. The van der Waals surface area contributed by atoms with E-state index in [2.05, 4.69) is 5.16 Å². The second-order valence-corrected chi connectivity index (χ2v) is 10.8. The van der Waals surface area contributed by atoms with E-state index in [4.69, 9.17) is 16.1 Å². The van der Waals surface area contributed by atoms with Gasteiger partial charge in [0.05, 0.1) is 5.41 Å². The van der Waals surface area contributed by atoms with Crippen molar-refractivity contribution in [3.05, 3.63) is 46.3 Å². The summed E-state index contributed by atoms with van der Waals surface area (Å²) in [4.78, 5) is 15.7. The van der Waals surface area contributed by atoms with Crippen LogP contribution in [-0.2, 0) is 20.2 Å². The van der Waals surface area contributed by atoms with Crippen molar-refractivity contribution in [3.8, 4) is 0 Å². The average Bonchev–Trinajstić information content (AvgIpc) is 3.12. The van der Waals surface area contributed by atoms with Gasteiger partial charge in [0.15, 0.2) is 5.76 Å². The fourth-order valence-electron chi connectivity index (χ4n) is 4.97. The smallest absolute Gasteiger partial charge is 0.248 e. The predicted molar refractivity (Wildman–Crippen MR) is 118 cm³/mol. The molecule has 2 aliphatic rings. The summed E-state index contributed by atoms with van der Waals surface area (Å²) in [6.45, 7) is 4.46. The third-order valence-electron chi connectivity index (χ3n) is 6.59. The van der Waals surface area contributed by atoms with Crippen molar-refractivity contribution in [1.82, 2.24) is 14.4 Å². The number of aryl methyl sites for hydroxylation is 2. The summed E-state index contributed by atoms with van der Waals surface area (Å²) in [6.07, 6.45) is 4.71. The van der Waals surface area contributed by atoms with E-state index in [0.717, 1.165) is 37.7 Å². The van der Waals surface area contributed by atoms with Gasteiger partial charge in [0.25, 0.3) is 0 Å². The number of carbonyl (C=O) groups is 1. The summed E-state index contributed by atoms with van der Waals surface area (Å²) in [5.74, 6) is 0.377. The first-order chi connectivity index (χ1) is 14.8. The first kappa shape index (κ1) is 22.3. The highest BCUT2D eigenvalue weighted by molar-refractivity contribution is 7.89. The molecule has 2 aromatic rings. The van der Waals surface area contributed by atoms with E-state index >= 15 is 0 Å². The Morgan fingerprint density at radius 1 is 1.10 bits per heavy atom. The van der Waals surface area contributed by atoms with Gasteiger partial charge >= 0.3 is 0 Å². The van der Waals surface area contributed by atoms with E-state index in [1.54, 1.807) is 13.8 Å². The van der Waals surface area contributed by atoms with Crippen molar-refractivity contribution in [2.75, 3.05) is 26.2 Å². The second-order valence-electron chi connectivity index (χ2n) is 8.50. The van der Waals surface area contributed by atoms with Crippen LogP contribution in [0.25, 0.3) is 0 Å². The number of piperazine rings is 1. The van der Waals surface area contributed by atoms with Gasteiger partial charge < -0.3 is 9.42 Å². The van der Waals surface area contributed by atoms with E-state index in [9.17, 15) is 13.2 Å². The van der Waals surface area contributed by atoms with Crippen LogP contribution in [0.5, 0.6) is 0 Å². The number of aromatic nitrogens is 1. The lowest BCUT2D eigenvalue weighted by molar-refractivity contribution is -0.140. The number of carbonyl (C=O) groups excluding carboxylic acids is 1. The molecule has 168 valence electrons. The molecule has 1 saturated carbocycles. The van der Waals surface area contributed by atoms with E-state index < -0.39 is 15.4 Å².